The number of hydrogen-bond donors (Lipinski definition) is 1. The van der Waals surface area contributed by atoms with E-state index in [1.165, 1.54) is 18.2 Å². The second kappa shape index (κ2) is 9.52. The summed E-state index contributed by atoms with van der Waals surface area (Å²) < 4.78 is 30.8. The van der Waals surface area contributed by atoms with Crippen LogP contribution < -0.4 is 5.32 Å². The summed E-state index contributed by atoms with van der Waals surface area (Å²) in [5.41, 5.74) is 0.831. The molecule has 0 aliphatic carbocycles. The van der Waals surface area contributed by atoms with Crippen molar-refractivity contribution in [3.05, 3.63) is 89.8 Å². The summed E-state index contributed by atoms with van der Waals surface area (Å²) in [6, 6.07) is 16.0. The largest absolute Gasteiger partial charge is 0.467 e. The number of anilines is 1. The average Bonchev–Trinajstić information content (AvgIpc) is 3.60. The molecule has 8 heteroatoms. The van der Waals surface area contributed by atoms with Crippen LogP contribution in [0.25, 0.3) is 11.0 Å². The normalized spacial score (nSPS) is 15.5. The lowest BCUT2D eigenvalue weighted by Crippen LogP contribution is -2.37. The van der Waals surface area contributed by atoms with Gasteiger partial charge in [0.05, 0.1) is 18.9 Å². The number of hydrogen-bond acceptors (Lipinski definition) is 5. The van der Waals surface area contributed by atoms with Gasteiger partial charge in [0.2, 0.25) is 5.76 Å². The van der Waals surface area contributed by atoms with Crippen LogP contribution in [0, 0.1) is 5.82 Å². The number of carbonyl (C=O) groups excluding carboxylic acids is 2. The highest BCUT2D eigenvalue weighted by atomic mass is 19.1. The van der Waals surface area contributed by atoms with E-state index in [2.05, 4.69) is 5.32 Å². The second-order valence-electron chi connectivity index (χ2n) is 8.17. The molecule has 0 saturated carbocycles. The van der Waals surface area contributed by atoms with Gasteiger partial charge in [0.25, 0.3) is 11.8 Å². The van der Waals surface area contributed by atoms with Gasteiger partial charge in [-0.1, -0.05) is 18.2 Å². The summed E-state index contributed by atoms with van der Waals surface area (Å²) in [5, 5.41) is 3.34. The number of para-hydroxylation sites is 1. The quantitative estimate of drug-likeness (QED) is 0.406. The Morgan fingerprint density at radius 2 is 1.97 bits per heavy atom. The molecule has 4 aromatic rings. The van der Waals surface area contributed by atoms with E-state index in [1.807, 2.05) is 0 Å². The highest BCUT2D eigenvalue weighted by molar-refractivity contribution is 6.14. The van der Waals surface area contributed by atoms with Crippen LogP contribution in [0.5, 0.6) is 0 Å². The van der Waals surface area contributed by atoms with Gasteiger partial charge < -0.3 is 23.8 Å². The minimum absolute atomic E-state index is 0.00416. The van der Waals surface area contributed by atoms with E-state index in [9.17, 15) is 14.0 Å². The van der Waals surface area contributed by atoms with Crippen LogP contribution in [-0.4, -0.2) is 36.0 Å². The number of furan rings is 2. The van der Waals surface area contributed by atoms with E-state index in [-0.39, 0.29) is 29.7 Å². The summed E-state index contributed by atoms with van der Waals surface area (Å²) in [6.45, 7) is 1.24. The number of benzene rings is 2. The van der Waals surface area contributed by atoms with Crippen molar-refractivity contribution < 1.29 is 27.6 Å². The van der Waals surface area contributed by atoms with Crippen molar-refractivity contribution >= 4 is 28.5 Å². The molecule has 0 radical (unpaired) electrons. The molecule has 1 N–H and O–H groups in total. The summed E-state index contributed by atoms with van der Waals surface area (Å²) >= 11 is 0. The first kappa shape index (κ1) is 21.9. The number of nitrogens with one attached hydrogen (secondary N) is 1. The van der Waals surface area contributed by atoms with Crippen LogP contribution in [0.2, 0.25) is 0 Å². The highest BCUT2D eigenvalue weighted by Crippen LogP contribution is 2.33. The van der Waals surface area contributed by atoms with E-state index < -0.39 is 17.6 Å². The summed E-state index contributed by atoms with van der Waals surface area (Å²) in [5.74, 6) is -0.861. The van der Waals surface area contributed by atoms with E-state index in [4.69, 9.17) is 13.6 Å². The van der Waals surface area contributed by atoms with Crippen molar-refractivity contribution in [2.45, 2.75) is 25.5 Å². The average molecular weight is 462 g/mol. The maximum Gasteiger partial charge on any atom is 0.292 e. The fourth-order valence-electron chi connectivity index (χ4n) is 4.12. The number of nitrogens with zero attached hydrogens (tertiary/aromatic N) is 1. The second-order valence-corrected chi connectivity index (χ2v) is 8.17. The van der Waals surface area contributed by atoms with Crippen molar-refractivity contribution in [1.82, 2.24) is 4.90 Å². The van der Waals surface area contributed by atoms with Gasteiger partial charge in [-0.3, -0.25) is 9.59 Å². The van der Waals surface area contributed by atoms with E-state index in [1.54, 1.807) is 47.6 Å². The molecule has 2 amide bonds. The lowest BCUT2D eigenvalue weighted by atomic mass is 10.1. The van der Waals surface area contributed by atoms with Gasteiger partial charge in [0.15, 0.2) is 0 Å². The Kier molecular flexibility index (Phi) is 6.14. The van der Waals surface area contributed by atoms with Crippen LogP contribution in [0.15, 0.2) is 75.8 Å². The molecule has 1 aliphatic heterocycles. The standard InChI is InChI=1S/C26H23FN2O5/c27-18-7-3-6-17(14-18)25(30)28-23-21-10-1-2-11-22(21)34-24(23)26(31)29(15-19-8-4-12-32-19)16-20-9-5-13-33-20/h1-4,6-8,10-12,14,20H,5,9,13,15-16H2,(H,28,30)/t20-/m1/s1. The number of carbonyl (C=O) groups is 2. The monoisotopic (exact) mass is 462 g/mol. The summed E-state index contributed by atoms with van der Waals surface area (Å²) in [4.78, 5) is 28.3. The van der Waals surface area contributed by atoms with Crippen LogP contribution in [0.3, 0.4) is 0 Å². The lowest BCUT2D eigenvalue weighted by Gasteiger charge is -2.24. The highest BCUT2D eigenvalue weighted by Gasteiger charge is 2.30. The Balaban J connectivity index is 1.50. The lowest BCUT2D eigenvalue weighted by molar-refractivity contribution is 0.0471. The minimum Gasteiger partial charge on any atom is -0.467 e. The van der Waals surface area contributed by atoms with E-state index in [0.717, 1.165) is 18.9 Å². The number of amides is 2. The molecule has 2 aromatic heterocycles. The third-order valence-corrected chi connectivity index (χ3v) is 5.78. The Morgan fingerprint density at radius 3 is 2.74 bits per heavy atom. The first-order chi connectivity index (χ1) is 16.6. The molecular formula is C26H23FN2O5. The molecule has 1 fully saturated rings. The molecular weight excluding hydrogens is 439 g/mol. The summed E-state index contributed by atoms with van der Waals surface area (Å²) in [7, 11) is 0. The van der Waals surface area contributed by atoms with Crippen LogP contribution in [-0.2, 0) is 11.3 Å². The maximum atomic E-state index is 13.7. The predicted octanol–water partition coefficient (Wildman–Crippen LogP) is 5.24. The van der Waals surface area contributed by atoms with Crippen molar-refractivity contribution in [3.8, 4) is 0 Å². The molecule has 5 rings (SSSR count). The van der Waals surface area contributed by atoms with Gasteiger partial charge in [0, 0.05) is 24.1 Å². The molecule has 0 unspecified atom stereocenters. The molecule has 1 atom stereocenters. The smallest absolute Gasteiger partial charge is 0.292 e. The van der Waals surface area contributed by atoms with Crippen molar-refractivity contribution in [1.29, 1.82) is 0 Å². The van der Waals surface area contributed by atoms with Gasteiger partial charge in [-0.15, -0.1) is 0 Å². The predicted molar refractivity (Wildman–Crippen MR) is 123 cm³/mol. The number of rotatable bonds is 7. The SMILES string of the molecule is O=C(Nc1c(C(=O)N(Cc2ccco2)C[C@H]2CCCO2)oc2ccccc12)c1cccc(F)c1. The van der Waals surface area contributed by atoms with Crippen molar-refractivity contribution in [2.75, 3.05) is 18.5 Å². The third-order valence-electron chi connectivity index (χ3n) is 5.78. The molecule has 0 bridgehead atoms. The van der Waals surface area contributed by atoms with E-state index >= 15 is 0 Å². The Labute approximate surface area is 195 Å². The third kappa shape index (κ3) is 4.58. The van der Waals surface area contributed by atoms with Gasteiger partial charge in [-0.2, -0.15) is 0 Å². The van der Waals surface area contributed by atoms with Crippen molar-refractivity contribution in [2.24, 2.45) is 0 Å². The van der Waals surface area contributed by atoms with Gasteiger partial charge >= 0.3 is 0 Å². The fraction of sp³-hybridized carbons (Fsp3) is 0.231. The number of halogens is 1. The minimum atomic E-state index is -0.545. The molecule has 1 saturated heterocycles. The number of ether oxygens (including phenoxy) is 1. The maximum absolute atomic E-state index is 13.7. The zero-order valence-corrected chi connectivity index (χ0v) is 18.3. The van der Waals surface area contributed by atoms with Gasteiger partial charge in [-0.05, 0) is 55.3 Å². The fourth-order valence-corrected chi connectivity index (χ4v) is 4.12. The first-order valence-electron chi connectivity index (χ1n) is 11.1. The van der Waals surface area contributed by atoms with E-state index in [0.29, 0.717) is 29.9 Å². The molecule has 1 aliphatic rings. The molecule has 34 heavy (non-hydrogen) atoms. The Hall–Kier alpha value is -3.91. The van der Waals surface area contributed by atoms with Crippen LogP contribution in [0.1, 0.15) is 39.5 Å². The zero-order chi connectivity index (χ0) is 23.5. The van der Waals surface area contributed by atoms with Crippen molar-refractivity contribution in [3.63, 3.8) is 0 Å². The van der Waals surface area contributed by atoms with Crippen LogP contribution >= 0.6 is 0 Å². The first-order valence-corrected chi connectivity index (χ1v) is 11.1. The number of fused-ring (bicyclic) bond motifs is 1. The Morgan fingerprint density at radius 1 is 1.09 bits per heavy atom. The molecule has 2 aromatic carbocycles. The molecule has 7 nitrogen and oxygen atoms in total. The molecule has 174 valence electrons. The topological polar surface area (TPSA) is 84.9 Å². The zero-order valence-electron chi connectivity index (χ0n) is 18.3. The Bertz CT molecular complexity index is 1310. The van der Waals surface area contributed by atoms with Gasteiger partial charge in [0.1, 0.15) is 22.8 Å². The van der Waals surface area contributed by atoms with Crippen LogP contribution in [0.4, 0.5) is 10.1 Å². The molecule has 3 heterocycles. The summed E-state index contributed by atoms with van der Waals surface area (Å²) in [6.07, 6.45) is 3.25. The van der Waals surface area contributed by atoms with Gasteiger partial charge in [-0.25, -0.2) is 4.39 Å². The molecule has 0 spiro atoms.